The van der Waals surface area contributed by atoms with Crippen molar-refractivity contribution in [1.29, 1.82) is 5.26 Å². The van der Waals surface area contributed by atoms with Gasteiger partial charge in [-0.15, -0.1) is 0 Å². The first-order valence-corrected chi connectivity index (χ1v) is 4.99. The van der Waals surface area contributed by atoms with E-state index in [0.717, 1.165) is 13.0 Å². The molecule has 0 aromatic rings. The molecule has 0 saturated carbocycles. The van der Waals surface area contributed by atoms with Gasteiger partial charge in [-0.05, 0) is 13.5 Å². The molecule has 0 radical (unpaired) electrons. The number of nitriles is 1. The van der Waals surface area contributed by atoms with Crippen LogP contribution in [0.2, 0.25) is 0 Å². The fourth-order valence-electron chi connectivity index (χ4n) is 1.02. The van der Waals surface area contributed by atoms with Crippen LogP contribution in [0.3, 0.4) is 0 Å². The Morgan fingerprint density at radius 3 is 2.69 bits per heavy atom. The van der Waals surface area contributed by atoms with Gasteiger partial charge in [0, 0.05) is 6.61 Å². The van der Waals surface area contributed by atoms with Gasteiger partial charge < -0.3 is 10.1 Å². The third kappa shape index (κ3) is 7.76. The Hall–Kier alpha value is -0.590. The van der Waals surface area contributed by atoms with Crippen LogP contribution in [0.1, 0.15) is 32.6 Å². The second-order valence-electron chi connectivity index (χ2n) is 3.11. The summed E-state index contributed by atoms with van der Waals surface area (Å²) in [6.07, 6.45) is 4.86. The molecular formula is C10H20N2O. The van der Waals surface area contributed by atoms with Crippen LogP contribution in [-0.4, -0.2) is 26.3 Å². The molecule has 0 aliphatic carbocycles. The summed E-state index contributed by atoms with van der Waals surface area (Å²) < 4.78 is 5.34. The van der Waals surface area contributed by atoms with E-state index in [0.29, 0.717) is 6.61 Å². The molecule has 0 rings (SSSR count). The molecule has 0 aliphatic heterocycles. The van der Waals surface area contributed by atoms with Crippen LogP contribution in [0.4, 0.5) is 0 Å². The normalized spacial score (nSPS) is 12.4. The monoisotopic (exact) mass is 184 g/mol. The van der Waals surface area contributed by atoms with E-state index in [1.165, 1.54) is 19.3 Å². The van der Waals surface area contributed by atoms with Crippen molar-refractivity contribution in [2.75, 3.05) is 20.3 Å². The van der Waals surface area contributed by atoms with Gasteiger partial charge in [0.1, 0.15) is 6.04 Å². The zero-order valence-corrected chi connectivity index (χ0v) is 8.68. The van der Waals surface area contributed by atoms with Gasteiger partial charge >= 0.3 is 0 Å². The van der Waals surface area contributed by atoms with Gasteiger partial charge in [-0.2, -0.15) is 5.26 Å². The maximum absolute atomic E-state index is 8.57. The molecule has 3 nitrogen and oxygen atoms in total. The number of likely N-dealkylation sites (N-methyl/N-ethyl adjacent to an activating group) is 1. The maximum atomic E-state index is 8.57. The van der Waals surface area contributed by atoms with E-state index in [2.05, 4.69) is 18.3 Å². The third-order valence-corrected chi connectivity index (χ3v) is 1.93. The predicted molar refractivity (Wildman–Crippen MR) is 53.4 cm³/mol. The predicted octanol–water partition coefficient (Wildman–Crippen LogP) is 1.69. The average molecular weight is 184 g/mol. The summed E-state index contributed by atoms with van der Waals surface area (Å²) in [7, 11) is 1.77. The summed E-state index contributed by atoms with van der Waals surface area (Å²) in [5, 5.41) is 11.4. The van der Waals surface area contributed by atoms with Crippen molar-refractivity contribution in [3.63, 3.8) is 0 Å². The molecule has 1 N–H and O–H groups in total. The van der Waals surface area contributed by atoms with Crippen molar-refractivity contribution in [3.8, 4) is 6.07 Å². The molecule has 0 amide bonds. The number of hydrogen-bond donors (Lipinski definition) is 1. The van der Waals surface area contributed by atoms with Crippen LogP contribution in [0, 0.1) is 11.3 Å². The van der Waals surface area contributed by atoms with Gasteiger partial charge in [0.05, 0.1) is 12.7 Å². The maximum Gasteiger partial charge on any atom is 0.119 e. The lowest BCUT2D eigenvalue weighted by Crippen LogP contribution is -2.28. The van der Waals surface area contributed by atoms with Crippen molar-refractivity contribution in [1.82, 2.24) is 5.32 Å². The van der Waals surface area contributed by atoms with E-state index in [-0.39, 0.29) is 6.04 Å². The quantitative estimate of drug-likeness (QED) is 0.584. The van der Waals surface area contributed by atoms with E-state index in [4.69, 9.17) is 10.00 Å². The smallest absolute Gasteiger partial charge is 0.119 e. The topological polar surface area (TPSA) is 45.0 Å². The lowest BCUT2D eigenvalue weighted by molar-refractivity contribution is 0.121. The van der Waals surface area contributed by atoms with E-state index in [1.807, 2.05) is 0 Å². The van der Waals surface area contributed by atoms with Crippen molar-refractivity contribution in [3.05, 3.63) is 0 Å². The highest BCUT2D eigenvalue weighted by Gasteiger charge is 2.01. The van der Waals surface area contributed by atoms with E-state index >= 15 is 0 Å². The van der Waals surface area contributed by atoms with E-state index in [9.17, 15) is 0 Å². The molecule has 1 atom stereocenters. The SMILES string of the molecule is CCCCCCOCC(C#N)NC. The Balaban J connectivity index is 3.11. The molecule has 0 aromatic heterocycles. The minimum absolute atomic E-state index is 0.161. The lowest BCUT2D eigenvalue weighted by atomic mass is 10.2. The fourth-order valence-corrected chi connectivity index (χ4v) is 1.02. The number of unbranched alkanes of at least 4 members (excludes halogenated alkanes) is 3. The highest BCUT2D eigenvalue weighted by molar-refractivity contribution is 4.88. The summed E-state index contributed by atoms with van der Waals surface area (Å²) in [4.78, 5) is 0. The first-order valence-electron chi connectivity index (χ1n) is 4.99. The highest BCUT2D eigenvalue weighted by Crippen LogP contribution is 1.98. The summed E-state index contributed by atoms with van der Waals surface area (Å²) in [6.45, 7) is 3.46. The van der Waals surface area contributed by atoms with Gasteiger partial charge in [0.25, 0.3) is 0 Å². The van der Waals surface area contributed by atoms with Crippen LogP contribution in [0.25, 0.3) is 0 Å². The summed E-state index contributed by atoms with van der Waals surface area (Å²) in [5.74, 6) is 0. The summed E-state index contributed by atoms with van der Waals surface area (Å²) >= 11 is 0. The molecule has 0 saturated heterocycles. The van der Waals surface area contributed by atoms with Crippen LogP contribution in [0.15, 0.2) is 0 Å². The van der Waals surface area contributed by atoms with Crippen molar-refractivity contribution in [2.45, 2.75) is 38.6 Å². The number of hydrogen-bond acceptors (Lipinski definition) is 3. The Labute approximate surface area is 81.1 Å². The number of rotatable bonds is 8. The molecule has 76 valence electrons. The standard InChI is InChI=1S/C10H20N2O/c1-3-4-5-6-7-13-9-10(8-11)12-2/h10,12H,3-7,9H2,1-2H3. The Kier molecular flexibility index (Phi) is 9.07. The Bertz CT molecular complexity index is 142. The molecular weight excluding hydrogens is 164 g/mol. The molecule has 13 heavy (non-hydrogen) atoms. The van der Waals surface area contributed by atoms with Crippen LogP contribution in [-0.2, 0) is 4.74 Å². The largest absolute Gasteiger partial charge is 0.379 e. The highest BCUT2D eigenvalue weighted by atomic mass is 16.5. The molecule has 1 unspecified atom stereocenters. The zero-order chi connectivity index (χ0) is 9.94. The minimum Gasteiger partial charge on any atom is -0.379 e. The van der Waals surface area contributed by atoms with Crippen LogP contribution >= 0.6 is 0 Å². The Morgan fingerprint density at radius 1 is 1.38 bits per heavy atom. The van der Waals surface area contributed by atoms with Crippen LogP contribution < -0.4 is 5.32 Å². The van der Waals surface area contributed by atoms with Gasteiger partial charge in [-0.1, -0.05) is 26.2 Å². The molecule has 0 aliphatic rings. The van der Waals surface area contributed by atoms with Crippen molar-refractivity contribution < 1.29 is 4.74 Å². The summed E-state index contributed by atoms with van der Waals surface area (Å²) in [6, 6.07) is 1.96. The fraction of sp³-hybridized carbons (Fsp3) is 0.900. The second kappa shape index (κ2) is 9.50. The Morgan fingerprint density at radius 2 is 2.15 bits per heavy atom. The minimum atomic E-state index is -0.161. The first-order chi connectivity index (χ1) is 6.35. The van der Waals surface area contributed by atoms with Gasteiger partial charge in [-0.25, -0.2) is 0 Å². The first kappa shape index (κ1) is 12.4. The molecule has 0 spiro atoms. The van der Waals surface area contributed by atoms with Gasteiger partial charge in [0.2, 0.25) is 0 Å². The summed E-state index contributed by atoms with van der Waals surface area (Å²) in [5.41, 5.74) is 0. The molecule has 3 heteroatoms. The van der Waals surface area contributed by atoms with Gasteiger partial charge in [-0.3, -0.25) is 0 Å². The van der Waals surface area contributed by atoms with E-state index < -0.39 is 0 Å². The number of nitrogens with one attached hydrogen (secondary N) is 1. The molecule has 0 bridgehead atoms. The zero-order valence-electron chi connectivity index (χ0n) is 8.68. The number of ether oxygens (including phenoxy) is 1. The van der Waals surface area contributed by atoms with Crippen LogP contribution in [0.5, 0.6) is 0 Å². The lowest BCUT2D eigenvalue weighted by Gasteiger charge is -2.07. The average Bonchev–Trinajstić information content (AvgIpc) is 2.17. The number of nitrogens with zero attached hydrogens (tertiary/aromatic N) is 1. The molecule has 0 aromatic carbocycles. The second-order valence-corrected chi connectivity index (χ2v) is 3.11. The third-order valence-electron chi connectivity index (χ3n) is 1.93. The van der Waals surface area contributed by atoms with Crippen molar-refractivity contribution >= 4 is 0 Å². The van der Waals surface area contributed by atoms with Gasteiger partial charge in [0.15, 0.2) is 0 Å². The van der Waals surface area contributed by atoms with E-state index in [1.54, 1.807) is 7.05 Å². The van der Waals surface area contributed by atoms with Crippen molar-refractivity contribution in [2.24, 2.45) is 0 Å². The molecule has 0 heterocycles. The molecule has 0 fully saturated rings.